The fourth-order valence-electron chi connectivity index (χ4n) is 5.46. The van der Waals surface area contributed by atoms with Gasteiger partial charge < -0.3 is 35.1 Å². The van der Waals surface area contributed by atoms with Gasteiger partial charge in [0.1, 0.15) is 23.2 Å². The Bertz CT molecular complexity index is 1170. The standard InChI is InChI=1S/C31H52N4O8SSi/c1-10-41-26(38)31-18-20(31)13-11-12-15-44-30(5,6)23(33-28(40)43-29(2,3)4)25(37)35-19-21(17-22(35)24(36)34-31)32-27(39)42-14-16-45(7,8)9/h11,13,20-23H,10,12,14-19H2,1-9H3,(H,32,39)(H,33,40)(H,34,36)/b13-11+/t20-,21-,22+,23-,31-/m1/s1. The lowest BCUT2D eigenvalue weighted by atomic mass is 10.0. The second-order valence-corrected chi connectivity index (χ2v) is 22.1. The van der Waals surface area contributed by atoms with Crippen molar-refractivity contribution in [2.24, 2.45) is 5.92 Å². The minimum Gasteiger partial charge on any atom is -0.464 e. The first kappa shape index (κ1) is 36.7. The molecule has 3 rings (SSSR count). The number of carbonyl (C=O) groups is 5. The molecule has 12 nitrogen and oxygen atoms in total. The molecular weight excluding hydrogens is 617 g/mol. The van der Waals surface area contributed by atoms with Crippen LogP contribution in [-0.2, 0) is 28.6 Å². The van der Waals surface area contributed by atoms with E-state index in [0.717, 1.165) is 6.04 Å². The van der Waals surface area contributed by atoms with Crippen molar-refractivity contribution < 1.29 is 38.2 Å². The third kappa shape index (κ3) is 10.1. The average Bonchev–Trinajstić information content (AvgIpc) is 3.42. The van der Waals surface area contributed by atoms with Crippen LogP contribution in [0.2, 0.25) is 25.7 Å². The molecule has 3 N–H and O–H groups in total. The lowest BCUT2D eigenvalue weighted by Crippen LogP contribution is -2.61. The van der Waals surface area contributed by atoms with Gasteiger partial charge in [0.2, 0.25) is 11.8 Å². The predicted molar refractivity (Wildman–Crippen MR) is 176 cm³/mol. The first-order valence-electron chi connectivity index (χ1n) is 15.8. The minimum atomic E-state index is -1.42. The molecule has 1 aliphatic carbocycles. The molecule has 14 heteroatoms. The fraction of sp³-hybridized carbons (Fsp3) is 0.774. The summed E-state index contributed by atoms with van der Waals surface area (Å²) >= 11 is 1.52. The van der Waals surface area contributed by atoms with E-state index in [2.05, 4.69) is 35.6 Å². The number of nitrogens with one attached hydrogen (secondary N) is 3. The van der Waals surface area contributed by atoms with E-state index in [1.807, 2.05) is 26.0 Å². The van der Waals surface area contributed by atoms with E-state index in [4.69, 9.17) is 14.2 Å². The van der Waals surface area contributed by atoms with Gasteiger partial charge in [-0.05, 0) is 72.6 Å². The zero-order chi connectivity index (χ0) is 33.8. The third-order valence-electron chi connectivity index (χ3n) is 8.02. The largest absolute Gasteiger partial charge is 0.464 e. The Hall–Kier alpha value is -2.74. The fourth-order valence-corrected chi connectivity index (χ4v) is 7.28. The van der Waals surface area contributed by atoms with E-state index < -0.39 is 72.1 Å². The van der Waals surface area contributed by atoms with E-state index in [-0.39, 0.29) is 32.1 Å². The van der Waals surface area contributed by atoms with Crippen molar-refractivity contribution in [3.05, 3.63) is 12.2 Å². The van der Waals surface area contributed by atoms with Gasteiger partial charge in [-0.15, -0.1) is 0 Å². The Kier molecular flexibility index (Phi) is 11.7. The van der Waals surface area contributed by atoms with E-state index in [1.54, 1.807) is 27.7 Å². The maximum Gasteiger partial charge on any atom is 0.408 e. The number of nitrogens with zero attached hydrogens (tertiary/aromatic N) is 1. The van der Waals surface area contributed by atoms with Crippen molar-refractivity contribution in [2.45, 2.75) is 121 Å². The molecule has 1 saturated carbocycles. The Morgan fingerprint density at radius 1 is 1.11 bits per heavy atom. The predicted octanol–water partition coefficient (Wildman–Crippen LogP) is 3.82. The number of carbonyl (C=O) groups excluding carboxylic acids is 5. The molecular formula is C31H52N4O8SSi. The van der Waals surface area contributed by atoms with E-state index >= 15 is 0 Å². The molecule has 0 unspecified atom stereocenters. The summed E-state index contributed by atoms with van der Waals surface area (Å²) in [5.41, 5.74) is -2.01. The summed E-state index contributed by atoms with van der Waals surface area (Å²) in [7, 11) is -1.42. The van der Waals surface area contributed by atoms with Crippen molar-refractivity contribution in [2.75, 3.05) is 25.5 Å². The van der Waals surface area contributed by atoms with Gasteiger partial charge in [-0.25, -0.2) is 14.4 Å². The van der Waals surface area contributed by atoms with Gasteiger partial charge >= 0.3 is 18.2 Å². The highest BCUT2D eigenvalue weighted by Gasteiger charge is 2.62. The molecule has 254 valence electrons. The first-order chi connectivity index (χ1) is 20.8. The normalized spacial score (nSPS) is 29.2. The second kappa shape index (κ2) is 14.4. The Labute approximate surface area is 272 Å². The zero-order valence-corrected chi connectivity index (χ0v) is 30.1. The third-order valence-corrected chi connectivity index (χ3v) is 11.1. The van der Waals surface area contributed by atoms with Crippen LogP contribution in [0.25, 0.3) is 0 Å². The number of hydrogen-bond acceptors (Lipinski definition) is 9. The van der Waals surface area contributed by atoms with Crippen LogP contribution in [0.5, 0.6) is 0 Å². The molecule has 2 heterocycles. The van der Waals surface area contributed by atoms with Gasteiger partial charge in [0, 0.05) is 25.3 Å². The molecule has 45 heavy (non-hydrogen) atoms. The topological polar surface area (TPSA) is 152 Å². The Balaban J connectivity index is 1.94. The van der Waals surface area contributed by atoms with E-state index in [9.17, 15) is 24.0 Å². The lowest BCUT2D eigenvalue weighted by Gasteiger charge is -2.37. The molecule has 1 saturated heterocycles. The van der Waals surface area contributed by atoms with Crippen LogP contribution in [0.4, 0.5) is 9.59 Å². The van der Waals surface area contributed by atoms with Gasteiger partial charge in [0.25, 0.3) is 0 Å². The number of esters is 1. The summed E-state index contributed by atoms with van der Waals surface area (Å²) in [6.45, 7) is 17.7. The first-order valence-corrected chi connectivity index (χ1v) is 20.5. The van der Waals surface area contributed by atoms with Crippen LogP contribution in [0, 0.1) is 5.92 Å². The molecule has 0 aromatic heterocycles. The monoisotopic (exact) mass is 668 g/mol. The molecule has 2 aliphatic heterocycles. The molecule has 0 radical (unpaired) electrons. The van der Waals surface area contributed by atoms with Crippen molar-refractivity contribution in [3.63, 3.8) is 0 Å². The number of amides is 4. The highest BCUT2D eigenvalue weighted by atomic mass is 32.2. The summed E-state index contributed by atoms with van der Waals surface area (Å²) in [6.07, 6.45) is 3.69. The van der Waals surface area contributed by atoms with Crippen molar-refractivity contribution in [1.82, 2.24) is 20.9 Å². The lowest BCUT2D eigenvalue weighted by molar-refractivity contribution is -0.150. The van der Waals surface area contributed by atoms with Crippen molar-refractivity contribution in [3.8, 4) is 0 Å². The van der Waals surface area contributed by atoms with E-state index in [1.165, 1.54) is 16.7 Å². The molecule has 0 bridgehead atoms. The molecule has 4 amide bonds. The number of alkyl carbamates (subject to hydrolysis) is 2. The van der Waals surface area contributed by atoms with Gasteiger partial charge in [-0.2, -0.15) is 11.8 Å². The number of rotatable bonds is 7. The number of fused-ring (bicyclic) bond motifs is 2. The maximum atomic E-state index is 14.4. The molecule has 0 aromatic rings. The smallest absolute Gasteiger partial charge is 0.408 e. The van der Waals surface area contributed by atoms with Gasteiger partial charge in [-0.3, -0.25) is 9.59 Å². The SMILES string of the molecule is CCOC(=O)[C@@]12C[C@H]1/C=C/CCSC(C)(C)[C@H](NC(=O)OC(C)(C)C)C(=O)N1C[C@H](NC(=O)OCC[Si](C)(C)C)C[C@H]1C(=O)N2. The summed E-state index contributed by atoms with van der Waals surface area (Å²) in [5.74, 6) is -1.12. The maximum absolute atomic E-state index is 14.4. The van der Waals surface area contributed by atoms with Crippen LogP contribution in [-0.4, -0.2) is 102 Å². The summed E-state index contributed by atoms with van der Waals surface area (Å²) in [5, 5.41) is 8.51. The van der Waals surface area contributed by atoms with Crippen molar-refractivity contribution in [1.29, 1.82) is 0 Å². The summed E-state index contributed by atoms with van der Waals surface area (Å²) < 4.78 is 15.5. The van der Waals surface area contributed by atoms with Gasteiger partial charge in [0.05, 0.1) is 19.3 Å². The zero-order valence-electron chi connectivity index (χ0n) is 28.2. The number of hydrogen-bond donors (Lipinski definition) is 3. The van der Waals surface area contributed by atoms with Crippen molar-refractivity contribution >= 4 is 49.8 Å². The van der Waals surface area contributed by atoms with Gasteiger partial charge in [-0.1, -0.05) is 31.8 Å². The van der Waals surface area contributed by atoms with Crippen LogP contribution >= 0.6 is 11.8 Å². The number of ether oxygens (including phenoxy) is 3. The Morgan fingerprint density at radius 2 is 1.80 bits per heavy atom. The quantitative estimate of drug-likeness (QED) is 0.159. The highest BCUT2D eigenvalue weighted by molar-refractivity contribution is 8.00. The molecule has 2 fully saturated rings. The minimum absolute atomic E-state index is 0.0169. The highest BCUT2D eigenvalue weighted by Crippen LogP contribution is 2.46. The summed E-state index contributed by atoms with van der Waals surface area (Å²) in [4.78, 5) is 68.5. The van der Waals surface area contributed by atoms with Crippen LogP contribution in [0.1, 0.15) is 60.8 Å². The van der Waals surface area contributed by atoms with Crippen LogP contribution in [0.15, 0.2) is 12.2 Å². The number of allylic oxidation sites excluding steroid dienone is 1. The second-order valence-electron chi connectivity index (χ2n) is 14.8. The molecule has 0 aromatic carbocycles. The van der Waals surface area contributed by atoms with Gasteiger partial charge in [0.15, 0.2) is 0 Å². The van der Waals surface area contributed by atoms with Crippen LogP contribution < -0.4 is 16.0 Å². The average molecular weight is 669 g/mol. The number of thioether (sulfide) groups is 1. The molecule has 0 spiro atoms. The molecule has 3 aliphatic rings. The molecule has 5 atom stereocenters. The summed E-state index contributed by atoms with van der Waals surface area (Å²) in [6, 6.07) is -1.87. The van der Waals surface area contributed by atoms with Crippen LogP contribution in [0.3, 0.4) is 0 Å². The Morgan fingerprint density at radius 3 is 2.42 bits per heavy atom. The van der Waals surface area contributed by atoms with E-state index in [0.29, 0.717) is 18.6 Å².